The maximum absolute atomic E-state index is 11.7. The van der Waals surface area contributed by atoms with Crippen molar-refractivity contribution < 1.29 is 14.7 Å². The summed E-state index contributed by atoms with van der Waals surface area (Å²) in [5, 5.41) is 9.24. The number of aromatic carboxylic acids is 1. The second-order valence-electron chi connectivity index (χ2n) is 4.15. The van der Waals surface area contributed by atoms with Gasteiger partial charge in [0.2, 0.25) is 0 Å². The number of halogens is 2. The molecule has 1 N–H and O–H groups in total. The highest BCUT2D eigenvalue weighted by Gasteiger charge is 2.20. The van der Waals surface area contributed by atoms with E-state index in [4.69, 9.17) is 28.3 Å². The summed E-state index contributed by atoms with van der Waals surface area (Å²) in [5.74, 6) is -1.42. The maximum atomic E-state index is 11.7. The van der Waals surface area contributed by atoms with Crippen LogP contribution in [0.3, 0.4) is 0 Å². The summed E-state index contributed by atoms with van der Waals surface area (Å²) in [5.41, 5.74) is 0.416. The minimum Gasteiger partial charge on any atom is -0.478 e. The topological polar surface area (TPSA) is 57.6 Å². The van der Waals surface area contributed by atoms with Gasteiger partial charge >= 0.3 is 5.97 Å². The Balaban J connectivity index is 3.60. The van der Waals surface area contributed by atoms with Crippen molar-refractivity contribution in [3.63, 3.8) is 0 Å². The van der Waals surface area contributed by atoms with Gasteiger partial charge in [0.05, 0.1) is 15.6 Å². The van der Waals surface area contributed by atoms with E-state index in [0.29, 0.717) is 0 Å². The van der Waals surface area contributed by atoms with Crippen molar-refractivity contribution in [1.82, 2.24) is 4.90 Å². The summed E-state index contributed by atoms with van der Waals surface area (Å²) in [4.78, 5) is 24.4. The van der Waals surface area contributed by atoms with Crippen molar-refractivity contribution >= 4 is 40.5 Å². The molecular formula is C13H13Cl2NO3. The zero-order chi connectivity index (χ0) is 14.7. The van der Waals surface area contributed by atoms with Gasteiger partial charge in [-0.15, -0.1) is 0 Å². The van der Waals surface area contributed by atoms with Crippen LogP contribution in [0.4, 0.5) is 0 Å². The van der Waals surface area contributed by atoms with E-state index in [1.807, 2.05) is 0 Å². The van der Waals surface area contributed by atoms with Crippen LogP contribution in [0.5, 0.6) is 0 Å². The Hall–Kier alpha value is -1.52. The van der Waals surface area contributed by atoms with Crippen molar-refractivity contribution in [1.29, 1.82) is 0 Å². The molecule has 0 bridgehead atoms. The third-order valence-electron chi connectivity index (χ3n) is 2.36. The van der Waals surface area contributed by atoms with Crippen LogP contribution in [0.15, 0.2) is 18.3 Å². The van der Waals surface area contributed by atoms with Gasteiger partial charge in [-0.2, -0.15) is 0 Å². The van der Waals surface area contributed by atoms with Gasteiger partial charge in [0.1, 0.15) is 0 Å². The first-order chi connectivity index (χ1) is 8.75. The number of benzene rings is 1. The minimum atomic E-state index is -1.17. The molecule has 0 amide bonds. The Morgan fingerprint density at radius 1 is 1.26 bits per heavy atom. The van der Waals surface area contributed by atoms with Crippen LogP contribution < -0.4 is 0 Å². The number of hydrogen-bond acceptors (Lipinski definition) is 3. The van der Waals surface area contributed by atoms with Crippen molar-refractivity contribution in [3.05, 3.63) is 39.5 Å². The van der Waals surface area contributed by atoms with E-state index in [1.165, 1.54) is 19.1 Å². The number of hydrogen-bond donors (Lipinski definition) is 1. The van der Waals surface area contributed by atoms with E-state index in [9.17, 15) is 9.59 Å². The SMILES string of the molecule is CC(=O)C(=CN(C)C)c1c(Cl)ccc(C(=O)O)c1Cl. The summed E-state index contributed by atoms with van der Waals surface area (Å²) in [6.45, 7) is 1.37. The Kier molecular flexibility index (Phi) is 4.97. The van der Waals surface area contributed by atoms with Crippen LogP contribution in [0.25, 0.3) is 5.57 Å². The van der Waals surface area contributed by atoms with Crippen LogP contribution in [-0.4, -0.2) is 35.9 Å². The van der Waals surface area contributed by atoms with Crippen molar-refractivity contribution in [3.8, 4) is 0 Å². The van der Waals surface area contributed by atoms with Crippen LogP contribution in [0.1, 0.15) is 22.8 Å². The number of Topliss-reactive ketones (excluding diaryl/α,β-unsaturated/α-hetero) is 1. The van der Waals surface area contributed by atoms with E-state index in [2.05, 4.69) is 0 Å². The predicted octanol–water partition coefficient (Wildman–Crippen LogP) is 3.18. The second-order valence-corrected chi connectivity index (χ2v) is 4.94. The lowest BCUT2D eigenvalue weighted by Gasteiger charge is -2.14. The number of rotatable bonds is 4. The molecule has 1 aromatic carbocycles. The molecule has 0 aliphatic rings. The molecule has 0 saturated heterocycles. The van der Waals surface area contributed by atoms with Gasteiger partial charge in [0, 0.05) is 31.4 Å². The summed E-state index contributed by atoms with van der Waals surface area (Å²) in [6, 6.07) is 2.72. The molecule has 0 radical (unpaired) electrons. The van der Waals surface area contributed by atoms with Gasteiger partial charge in [-0.05, 0) is 19.1 Å². The van der Waals surface area contributed by atoms with Crippen molar-refractivity contribution in [2.45, 2.75) is 6.92 Å². The van der Waals surface area contributed by atoms with E-state index in [-0.39, 0.29) is 32.5 Å². The third-order valence-corrected chi connectivity index (χ3v) is 3.07. The van der Waals surface area contributed by atoms with Gasteiger partial charge in [-0.25, -0.2) is 4.79 Å². The fourth-order valence-corrected chi connectivity index (χ4v) is 2.21. The van der Waals surface area contributed by atoms with Gasteiger partial charge in [0.25, 0.3) is 0 Å². The number of nitrogens with zero attached hydrogens (tertiary/aromatic N) is 1. The minimum absolute atomic E-state index is 0.0386. The molecule has 0 atom stereocenters. The third kappa shape index (κ3) is 3.49. The normalized spacial score (nSPS) is 11.3. The number of allylic oxidation sites excluding steroid dienone is 1. The molecule has 6 heteroatoms. The van der Waals surface area contributed by atoms with Gasteiger partial charge in [-0.3, -0.25) is 4.79 Å². The van der Waals surface area contributed by atoms with E-state index in [1.54, 1.807) is 25.2 Å². The molecule has 0 spiro atoms. The van der Waals surface area contributed by atoms with E-state index >= 15 is 0 Å². The Labute approximate surface area is 121 Å². The summed E-state index contributed by atoms with van der Waals surface area (Å²) < 4.78 is 0. The number of carbonyl (C=O) groups is 2. The molecule has 1 rings (SSSR count). The van der Waals surface area contributed by atoms with Crippen LogP contribution in [0.2, 0.25) is 10.0 Å². The van der Waals surface area contributed by atoms with E-state index in [0.717, 1.165) is 0 Å². The monoisotopic (exact) mass is 301 g/mol. The van der Waals surface area contributed by atoms with Crippen molar-refractivity contribution in [2.24, 2.45) is 0 Å². The molecule has 4 nitrogen and oxygen atoms in total. The lowest BCUT2D eigenvalue weighted by atomic mass is 10.0. The lowest BCUT2D eigenvalue weighted by molar-refractivity contribution is -0.111. The molecule has 0 aliphatic heterocycles. The molecule has 19 heavy (non-hydrogen) atoms. The highest BCUT2D eigenvalue weighted by molar-refractivity contribution is 6.42. The van der Waals surface area contributed by atoms with Crippen LogP contribution >= 0.6 is 23.2 Å². The molecule has 102 valence electrons. The summed E-state index contributed by atoms with van der Waals surface area (Å²) in [7, 11) is 3.48. The molecule has 0 aliphatic carbocycles. The average Bonchev–Trinajstić information content (AvgIpc) is 2.26. The highest BCUT2D eigenvalue weighted by Crippen LogP contribution is 2.34. The van der Waals surface area contributed by atoms with E-state index < -0.39 is 5.97 Å². The van der Waals surface area contributed by atoms with Gasteiger partial charge in [-0.1, -0.05) is 23.2 Å². The Bertz CT molecular complexity index is 565. The number of carboxylic acid groups (broad SMARTS) is 1. The van der Waals surface area contributed by atoms with Gasteiger partial charge in [0.15, 0.2) is 5.78 Å². The second kappa shape index (κ2) is 6.08. The van der Waals surface area contributed by atoms with Crippen LogP contribution in [-0.2, 0) is 4.79 Å². The molecule has 0 saturated carbocycles. The Morgan fingerprint density at radius 3 is 2.26 bits per heavy atom. The molecule has 1 aromatic rings. The van der Waals surface area contributed by atoms with Crippen LogP contribution in [0, 0.1) is 0 Å². The first-order valence-electron chi connectivity index (χ1n) is 5.36. The maximum Gasteiger partial charge on any atom is 0.337 e. The molecule has 0 aromatic heterocycles. The quantitative estimate of drug-likeness (QED) is 0.868. The van der Waals surface area contributed by atoms with Crippen molar-refractivity contribution in [2.75, 3.05) is 14.1 Å². The standard InChI is InChI=1S/C13H13Cl2NO3/c1-7(17)9(6-16(2)3)11-10(14)5-4-8(12(11)15)13(18)19/h4-6H,1-3H3,(H,18,19). The van der Waals surface area contributed by atoms with Gasteiger partial charge < -0.3 is 10.0 Å². The number of carboxylic acids is 1. The lowest BCUT2D eigenvalue weighted by Crippen LogP contribution is -2.09. The zero-order valence-electron chi connectivity index (χ0n) is 10.7. The predicted molar refractivity (Wildman–Crippen MR) is 75.8 cm³/mol. The molecule has 0 heterocycles. The fraction of sp³-hybridized carbons (Fsp3) is 0.231. The fourth-order valence-electron chi connectivity index (χ4n) is 1.55. The molecular weight excluding hydrogens is 289 g/mol. The Morgan fingerprint density at radius 2 is 1.84 bits per heavy atom. The summed E-state index contributed by atoms with van der Waals surface area (Å²) in [6.07, 6.45) is 1.56. The molecule has 0 fully saturated rings. The summed E-state index contributed by atoms with van der Waals surface area (Å²) >= 11 is 12.1. The average molecular weight is 302 g/mol. The largest absolute Gasteiger partial charge is 0.478 e. The molecule has 0 unspecified atom stereocenters. The number of ketones is 1. The highest BCUT2D eigenvalue weighted by atomic mass is 35.5. The zero-order valence-corrected chi connectivity index (χ0v) is 12.2. The smallest absolute Gasteiger partial charge is 0.337 e. The first-order valence-corrected chi connectivity index (χ1v) is 6.12. The first kappa shape index (κ1) is 15.5. The number of carbonyl (C=O) groups excluding carboxylic acids is 1.